The number of pyridine rings is 1. The first-order valence-corrected chi connectivity index (χ1v) is 10.2. The number of aryl methyl sites for hydroxylation is 1. The molecule has 3 atom stereocenters. The van der Waals surface area contributed by atoms with E-state index in [-0.39, 0.29) is 17.4 Å². The number of anilines is 1. The summed E-state index contributed by atoms with van der Waals surface area (Å²) in [6.45, 7) is 3.33. The molecule has 0 unspecified atom stereocenters. The fraction of sp³-hybridized carbons (Fsp3) is 0.526. The second-order valence-electron chi connectivity index (χ2n) is 7.38. The zero-order valence-electron chi connectivity index (χ0n) is 15.0. The van der Waals surface area contributed by atoms with Gasteiger partial charge in [-0.2, -0.15) is 0 Å². The molecular formula is C19H25N5OS. The van der Waals surface area contributed by atoms with Crippen LogP contribution in [0.3, 0.4) is 0 Å². The molecule has 6 nitrogen and oxygen atoms in total. The molecule has 2 aliphatic rings. The highest BCUT2D eigenvalue weighted by Gasteiger charge is 2.55. The topological polar surface area (TPSA) is 78.9 Å². The Labute approximate surface area is 157 Å². The van der Waals surface area contributed by atoms with E-state index in [1.807, 2.05) is 24.7 Å². The molecule has 2 fully saturated rings. The van der Waals surface area contributed by atoms with Gasteiger partial charge < -0.3 is 16.0 Å². The maximum atomic E-state index is 13.1. The molecule has 138 valence electrons. The third-order valence-corrected chi connectivity index (χ3v) is 6.33. The van der Waals surface area contributed by atoms with Crippen molar-refractivity contribution >= 4 is 22.9 Å². The van der Waals surface area contributed by atoms with Crippen LogP contribution in [-0.4, -0.2) is 41.0 Å². The maximum absolute atomic E-state index is 13.1. The number of amides is 1. The lowest BCUT2D eigenvalue weighted by Gasteiger charge is -2.34. The molecule has 0 saturated carbocycles. The van der Waals surface area contributed by atoms with Crippen LogP contribution in [0, 0.1) is 12.3 Å². The predicted octanol–water partition coefficient (Wildman–Crippen LogP) is 2.13. The lowest BCUT2D eigenvalue weighted by Crippen LogP contribution is -2.50. The van der Waals surface area contributed by atoms with Gasteiger partial charge >= 0.3 is 0 Å². The van der Waals surface area contributed by atoms with Crippen molar-refractivity contribution in [1.82, 2.24) is 20.6 Å². The Morgan fingerprint density at radius 2 is 2.35 bits per heavy atom. The van der Waals surface area contributed by atoms with Crippen molar-refractivity contribution in [2.45, 2.75) is 44.7 Å². The molecule has 3 N–H and O–H groups in total. The Hall–Kier alpha value is -1.99. The lowest BCUT2D eigenvalue weighted by atomic mass is 9.70. The molecule has 2 aromatic rings. The van der Waals surface area contributed by atoms with Gasteiger partial charge in [-0.15, -0.1) is 11.3 Å². The van der Waals surface area contributed by atoms with Gasteiger partial charge in [0.2, 0.25) is 5.91 Å². The van der Waals surface area contributed by atoms with Gasteiger partial charge in [-0.1, -0.05) is 0 Å². The van der Waals surface area contributed by atoms with E-state index in [1.54, 1.807) is 17.5 Å². The van der Waals surface area contributed by atoms with Gasteiger partial charge in [0, 0.05) is 55.1 Å². The van der Waals surface area contributed by atoms with Crippen molar-refractivity contribution in [1.29, 1.82) is 0 Å². The van der Waals surface area contributed by atoms with Gasteiger partial charge in [-0.25, -0.2) is 4.98 Å². The summed E-state index contributed by atoms with van der Waals surface area (Å²) >= 11 is 1.60. The molecule has 0 aliphatic carbocycles. The van der Waals surface area contributed by atoms with Gasteiger partial charge in [0.15, 0.2) is 0 Å². The van der Waals surface area contributed by atoms with Crippen molar-refractivity contribution in [3.8, 4) is 0 Å². The van der Waals surface area contributed by atoms with Crippen LogP contribution in [0.15, 0.2) is 29.4 Å². The Morgan fingerprint density at radius 1 is 1.42 bits per heavy atom. The molecule has 0 aromatic carbocycles. The van der Waals surface area contributed by atoms with Crippen LogP contribution in [0.1, 0.15) is 30.5 Å². The third-order valence-electron chi connectivity index (χ3n) is 5.70. The number of thiazole rings is 1. The Balaban J connectivity index is 1.37. The second kappa shape index (κ2) is 7.32. The molecule has 26 heavy (non-hydrogen) atoms. The Bertz CT molecular complexity index is 765. The SMILES string of the molecule is Cc1cnccc1NCCNC(=O)[C@]1(Cc2cscn2)C[C@@H]2CC[C@H]1N2. The number of rotatable bonds is 7. The molecule has 4 heterocycles. The minimum Gasteiger partial charge on any atom is -0.383 e. The van der Waals surface area contributed by atoms with Gasteiger partial charge in [0.1, 0.15) is 0 Å². The summed E-state index contributed by atoms with van der Waals surface area (Å²) in [7, 11) is 0. The highest BCUT2D eigenvalue weighted by Crippen LogP contribution is 2.45. The normalized spacial score (nSPS) is 26.8. The predicted molar refractivity (Wildman–Crippen MR) is 103 cm³/mol. The molecule has 0 spiro atoms. The number of nitrogens with zero attached hydrogens (tertiary/aromatic N) is 2. The van der Waals surface area contributed by atoms with Gasteiger partial charge in [0.05, 0.1) is 16.6 Å². The second-order valence-corrected chi connectivity index (χ2v) is 8.10. The fourth-order valence-electron chi connectivity index (χ4n) is 4.39. The molecular weight excluding hydrogens is 346 g/mol. The molecule has 0 radical (unpaired) electrons. The zero-order valence-corrected chi connectivity index (χ0v) is 15.8. The minimum atomic E-state index is -0.358. The third kappa shape index (κ3) is 3.33. The van der Waals surface area contributed by atoms with Crippen molar-refractivity contribution in [2.75, 3.05) is 18.4 Å². The first-order chi connectivity index (χ1) is 12.7. The number of fused-ring (bicyclic) bond motifs is 2. The van der Waals surface area contributed by atoms with Crippen LogP contribution in [-0.2, 0) is 11.2 Å². The smallest absolute Gasteiger partial charge is 0.228 e. The van der Waals surface area contributed by atoms with E-state index in [9.17, 15) is 4.79 Å². The Morgan fingerprint density at radius 3 is 3.04 bits per heavy atom. The minimum absolute atomic E-state index is 0.165. The maximum Gasteiger partial charge on any atom is 0.228 e. The summed E-state index contributed by atoms with van der Waals surface area (Å²) in [5.41, 5.74) is 4.70. The van der Waals surface area contributed by atoms with Gasteiger partial charge in [-0.3, -0.25) is 9.78 Å². The van der Waals surface area contributed by atoms with Crippen molar-refractivity contribution in [3.63, 3.8) is 0 Å². The quantitative estimate of drug-likeness (QED) is 0.650. The first kappa shape index (κ1) is 17.4. The van der Waals surface area contributed by atoms with E-state index in [0.29, 0.717) is 19.1 Å². The molecule has 1 amide bonds. The van der Waals surface area contributed by atoms with E-state index in [2.05, 4.69) is 31.3 Å². The highest BCUT2D eigenvalue weighted by atomic mass is 32.1. The summed E-state index contributed by atoms with van der Waals surface area (Å²) in [5.74, 6) is 0.165. The summed E-state index contributed by atoms with van der Waals surface area (Å²) in [4.78, 5) is 21.7. The van der Waals surface area contributed by atoms with Crippen LogP contribution < -0.4 is 16.0 Å². The molecule has 2 bridgehead atoms. The van der Waals surface area contributed by atoms with Crippen LogP contribution in [0.25, 0.3) is 0 Å². The number of nitrogens with one attached hydrogen (secondary N) is 3. The molecule has 2 aromatic heterocycles. The highest BCUT2D eigenvalue weighted by molar-refractivity contribution is 7.07. The standard InChI is InChI=1S/C19H25N5OS/c1-13-10-20-5-4-16(13)21-6-7-22-18(25)19(9-15-11-26-12-23-15)8-14-2-3-17(19)24-14/h4-5,10-12,14,17,24H,2-3,6-9H2,1H3,(H,20,21)(H,22,25)/t14-,17+,19-/m0/s1. The van der Waals surface area contributed by atoms with Crippen LogP contribution in [0.2, 0.25) is 0 Å². The van der Waals surface area contributed by atoms with Gasteiger partial charge in [0.25, 0.3) is 0 Å². The molecule has 4 rings (SSSR count). The van der Waals surface area contributed by atoms with E-state index in [0.717, 1.165) is 36.2 Å². The van der Waals surface area contributed by atoms with Crippen molar-refractivity contribution < 1.29 is 4.79 Å². The fourth-order valence-corrected chi connectivity index (χ4v) is 4.95. The van der Waals surface area contributed by atoms with E-state index in [4.69, 9.17) is 0 Å². The molecule has 2 aliphatic heterocycles. The number of hydrogen-bond donors (Lipinski definition) is 3. The van der Waals surface area contributed by atoms with E-state index >= 15 is 0 Å². The van der Waals surface area contributed by atoms with E-state index in [1.165, 1.54) is 6.42 Å². The summed E-state index contributed by atoms with van der Waals surface area (Å²) < 4.78 is 0. The Kier molecular flexibility index (Phi) is 4.91. The number of hydrogen-bond acceptors (Lipinski definition) is 6. The number of aromatic nitrogens is 2. The summed E-state index contributed by atoms with van der Waals surface area (Å²) in [6.07, 6.45) is 7.52. The zero-order chi connectivity index (χ0) is 18.0. The monoisotopic (exact) mass is 371 g/mol. The average Bonchev–Trinajstić information content (AvgIpc) is 3.38. The summed E-state index contributed by atoms with van der Waals surface area (Å²) in [5, 5.41) is 12.2. The van der Waals surface area contributed by atoms with Crippen molar-refractivity contribution in [2.24, 2.45) is 5.41 Å². The average molecular weight is 372 g/mol. The lowest BCUT2D eigenvalue weighted by molar-refractivity contribution is -0.132. The van der Waals surface area contributed by atoms with Crippen LogP contribution in [0.5, 0.6) is 0 Å². The number of carbonyl (C=O) groups is 1. The summed E-state index contributed by atoms with van der Waals surface area (Å²) in [6, 6.07) is 2.70. The number of carbonyl (C=O) groups excluding carboxylic acids is 1. The van der Waals surface area contributed by atoms with E-state index < -0.39 is 0 Å². The molecule has 2 saturated heterocycles. The molecule has 7 heteroatoms. The van der Waals surface area contributed by atoms with Crippen LogP contribution >= 0.6 is 11.3 Å². The van der Waals surface area contributed by atoms with Gasteiger partial charge in [-0.05, 0) is 37.8 Å². The first-order valence-electron chi connectivity index (χ1n) is 9.23. The largest absolute Gasteiger partial charge is 0.383 e. The van der Waals surface area contributed by atoms with Crippen molar-refractivity contribution in [3.05, 3.63) is 40.6 Å². The van der Waals surface area contributed by atoms with Crippen LogP contribution in [0.4, 0.5) is 5.69 Å².